The zero-order chi connectivity index (χ0) is 22.4. The Kier molecular flexibility index (Phi) is 17.7. The van der Waals surface area contributed by atoms with Crippen molar-refractivity contribution in [2.75, 3.05) is 73.0 Å². The third-order valence-corrected chi connectivity index (χ3v) is 3.87. The van der Waals surface area contributed by atoms with Crippen LogP contribution in [0.2, 0.25) is 0 Å². The van der Waals surface area contributed by atoms with E-state index in [4.69, 9.17) is 15.3 Å². The van der Waals surface area contributed by atoms with Crippen LogP contribution >= 0.6 is 0 Å². The summed E-state index contributed by atoms with van der Waals surface area (Å²) < 4.78 is 0. The summed E-state index contributed by atoms with van der Waals surface area (Å²) in [6.07, 6.45) is 0. The Balaban J connectivity index is 0. The first-order valence-corrected chi connectivity index (χ1v) is 8.84. The maximum atomic E-state index is 11.1. The molecule has 14 heteroatoms. The summed E-state index contributed by atoms with van der Waals surface area (Å²) in [5.41, 5.74) is 0. The van der Waals surface area contributed by atoms with Crippen LogP contribution in [0.5, 0.6) is 0 Å². The standard InChI is InChI=1S/C16H29N5O8.Gd/c1-17-12(22)7-20(10-15(26)27)5-3-19(9-14(24)25)4-6-21(11-16(28)29)8-13(23)18-2;/h3-11H2,1-2H3,(H,17,22)(H,18,23)(H,24,25)(H,26,27)(H,28,29);/q;+2/p+2. The van der Waals surface area contributed by atoms with Crippen molar-refractivity contribution in [1.82, 2.24) is 25.3 Å². The van der Waals surface area contributed by atoms with E-state index in [0.717, 1.165) is 0 Å². The number of carbonyl (C=O) groups is 3. The first-order valence-electron chi connectivity index (χ1n) is 8.84. The number of hydrogen-bond donors (Lipinski definition) is 5. The Morgan fingerprint density at radius 3 is 1.17 bits per heavy atom. The fourth-order valence-electron chi connectivity index (χ4n) is 2.42. The van der Waals surface area contributed by atoms with Gasteiger partial charge in [-0.2, -0.15) is 0 Å². The Morgan fingerprint density at radius 1 is 0.633 bits per heavy atom. The fourth-order valence-corrected chi connectivity index (χ4v) is 2.42. The minimum Gasteiger partial charge on any atom is -0.480 e. The van der Waals surface area contributed by atoms with E-state index in [0.29, 0.717) is 0 Å². The largest absolute Gasteiger partial charge is 2.00 e. The molecule has 30 heavy (non-hydrogen) atoms. The molecule has 172 valence electrons. The molecule has 0 heterocycles. The predicted octanol–water partition coefficient (Wildman–Crippen LogP) is -3.41. The van der Waals surface area contributed by atoms with Crippen LogP contribution in [-0.4, -0.2) is 142 Å². The topological polar surface area (TPSA) is 188 Å². The van der Waals surface area contributed by atoms with Gasteiger partial charge >= 0.3 is 69.7 Å². The number of nitrogens with one attached hydrogen (secondary N) is 2. The quantitative estimate of drug-likeness (QED) is 0.116. The van der Waals surface area contributed by atoms with Gasteiger partial charge in [0.1, 0.15) is 13.1 Å². The van der Waals surface area contributed by atoms with Crippen molar-refractivity contribution >= 4 is 29.7 Å². The van der Waals surface area contributed by atoms with E-state index in [2.05, 4.69) is 10.6 Å². The summed E-state index contributed by atoms with van der Waals surface area (Å²) in [5, 5.41) is 32.1. The van der Waals surface area contributed by atoms with Gasteiger partial charge in [-0.3, -0.25) is 38.7 Å². The van der Waals surface area contributed by atoms with E-state index in [1.807, 2.05) is 0 Å². The van der Waals surface area contributed by atoms with Crippen LogP contribution in [0.4, 0.5) is 0 Å². The molecule has 2 amide bonds. The zero-order valence-corrected chi connectivity index (χ0v) is 19.3. The van der Waals surface area contributed by atoms with Gasteiger partial charge in [-0.05, 0) is 0 Å². The number of hydrogen-bond acceptors (Lipinski definition) is 6. The summed E-state index contributed by atoms with van der Waals surface area (Å²) in [7, 11) is 2.97. The molecule has 0 fully saturated rings. The monoisotopic (exact) mass is 579 g/mol. The van der Waals surface area contributed by atoms with Crippen molar-refractivity contribution < 1.29 is 79.2 Å². The number of amides is 2. The van der Waals surface area contributed by atoms with Gasteiger partial charge < -0.3 is 26.0 Å². The van der Waals surface area contributed by atoms with Crippen molar-refractivity contribution in [2.45, 2.75) is 0 Å². The minimum absolute atomic E-state index is 0. The molecule has 13 nitrogen and oxygen atoms in total. The van der Waals surface area contributed by atoms with Gasteiger partial charge in [0, 0.05) is 40.3 Å². The molecule has 0 radical (unpaired) electrons. The first-order chi connectivity index (χ1) is 13.6. The van der Waals surface area contributed by atoms with Gasteiger partial charge in [-0.1, -0.05) is 0 Å². The number of rotatable bonds is 16. The van der Waals surface area contributed by atoms with Crippen LogP contribution in [0.3, 0.4) is 0 Å². The molecule has 0 unspecified atom stereocenters. The van der Waals surface area contributed by atoms with Gasteiger partial charge in [0.05, 0.1) is 19.6 Å². The Morgan fingerprint density at radius 2 is 0.900 bits per heavy atom. The molecule has 0 atom stereocenters. The molecule has 7 N–H and O–H groups in total. The molecule has 0 aliphatic heterocycles. The number of carboxylic acid groups (broad SMARTS) is 3. The molecule has 0 aromatic carbocycles. The molecule has 0 bridgehead atoms. The van der Waals surface area contributed by atoms with E-state index >= 15 is 0 Å². The summed E-state index contributed by atoms with van der Waals surface area (Å²) >= 11 is 0. The average Bonchev–Trinajstić information content (AvgIpc) is 2.61. The van der Waals surface area contributed by atoms with E-state index in [-0.39, 0.29) is 111 Å². The number of nitrogens with zero attached hydrogens (tertiary/aromatic N) is 3. The Labute approximate surface area is 206 Å². The maximum Gasteiger partial charge on any atom is 2.00 e. The normalized spacial score (nSPS) is 10.6. The van der Waals surface area contributed by atoms with E-state index in [1.165, 1.54) is 28.8 Å². The molecule has 0 rings (SSSR count). The summed E-state index contributed by atoms with van der Waals surface area (Å²) in [5.74, 6) is -3.52. The van der Waals surface area contributed by atoms with Crippen LogP contribution in [0, 0.1) is 39.9 Å². The summed E-state index contributed by atoms with van der Waals surface area (Å²) in [4.78, 5) is 56.7. The van der Waals surface area contributed by atoms with Crippen molar-refractivity contribution in [3.63, 3.8) is 0 Å². The summed E-state index contributed by atoms with van der Waals surface area (Å²) in [6, 6.07) is 0. The second-order valence-electron chi connectivity index (χ2n) is 6.27. The van der Waals surface area contributed by atoms with Gasteiger partial charge in [0.25, 0.3) is 0 Å². The molecule has 0 spiro atoms. The number of aliphatic carboxylic acids is 3. The number of carboxylic acids is 3. The Bertz CT molecular complexity index is 550. The average molecular weight is 579 g/mol. The summed E-state index contributed by atoms with van der Waals surface area (Å²) in [6.45, 7) is -0.411. The maximum absolute atomic E-state index is 11.1. The second kappa shape index (κ2) is 17.3. The van der Waals surface area contributed by atoms with Crippen molar-refractivity contribution in [3.8, 4) is 0 Å². The Hall–Kier alpha value is -1.45. The minimum atomic E-state index is -1.09. The van der Waals surface area contributed by atoms with Crippen molar-refractivity contribution in [2.24, 2.45) is 0 Å². The van der Waals surface area contributed by atoms with Gasteiger partial charge in [-0.15, -0.1) is 0 Å². The molecule has 0 saturated carbocycles. The molecule has 0 aliphatic carbocycles. The van der Waals surface area contributed by atoms with Gasteiger partial charge in [-0.25, -0.2) is 0 Å². The molecular formula is C16H31GdN5O8+4. The van der Waals surface area contributed by atoms with Crippen LogP contribution in [0.1, 0.15) is 0 Å². The molecule has 0 aromatic rings. The second-order valence-corrected chi connectivity index (χ2v) is 6.27. The van der Waals surface area contributed by atoms with Crippen molar-refractivity contribution in [3.05, 3.63) is 0 Å². The first kappa shape index (κ1) is 30.7. The molecule has 0 saturated heterocycles. The smallest absolute Gasteiger partial charge is 0.480 e. The van der Waals surface area contributed by atoms with Crippen LogP contribution in [0.25, 0.3) is 0 Å². The predicted molar refractivity (Wildman–Crippen MR) is 104 cm³/mol. The van der Waals surface area contributed by atoms with E-state index in [9.17, 15) is 24.0 Å². The van der Waals surface area contributed by atoms with Crippen LogP contribution < -0.4 is 10.6 Å². The SMILES string of the molecule is CNC(=[OH+])CN(CCN(CCN(CC(=O)O)CC(=[OH+])NC)CC(=O)O)CC(=O)O.[Gd+2]. The number of carbonyl (C=O) groups excluding carboxylic acids is 2. The molecule has 0 aliphatic rings. The van der Waals surface area contributed by atoms with Gasteiger partial charge in [0.15, 0.2) is 0 Å². The fraction of sp³-hybridized carbons (Fsp3) is 0.688. The van der Waals surface area contributed by atoms with E-state index in [1.54, 1.807) is 0 Å². The van der Waals surface area contributed by atoms with Crippen LogP contribution in [-0.2, 0) is 14.4 Å². The van der Waals surface area contributed by atoms with E-state index < -0.39 is 17.9 Å². The zero-order valence-electron chi connectivity index (χ0n) is 17.0. The third kappa shape index (κ3) is 16.4. The number of likely N-dealkylation sites (N-methyl/N-ethyl adjacent to an activating group) is 2. The van der Waals surface area contributed by atoms with Gasteiger partial charge in [0.2, 0.25) is 0 Å². The molecule has 0 aromatic heterocycles. The third-order valence-electron chi connectivity index (χ3n) is 3.87. The van der Waals surface area contributed by atoms with Crippen molar-refractivity contribution in [1.29, 1.82) is 0 Å². The molecular weight excluding hydrogens is 547 g/mol. The van der Waals surface area contributed by atoms with Crippen LogP contribution in [0.15, 0.2) is 0 Å².